The first kappa shape index (κ1) is 13.2. The van der Waals surface area contributed by atoms with E-state index in [-0.39, 0.29) is 17.9 Å². The van der Waals surface area contributed by atoms with E-state index < -0.39 is 19.3 Å². The molecule has 1 rings (SSSR count). The van der Waals surface area contributed by atoms with Gasteiger partial charge in [-0.15, -0.1) is 5.10 Å². The number of alkyl halides is 3. The predicted molar refractivity (Wildman–Crippen MR) is 52.1 cm³/mol. The first-order valence-electron chi connectivity index (χ1n) is 4.62. The van der Waals surface area contributed by atoms with Crippen molar-refractivity contribution >= 4 is 5.82 Å². The second-order valence-electron chi connectivity index (χ2n) is 3.14. The Kier molecular flexibility index (Phi) is 4.23. The van der Waals surface area contributed by atoms with Gasteiger partial charge in [0.05, 0.1) is 18.4 Å². The maximum atomic E-state index is 12.3. The lowest BCUT2D eigenvalue weighted by Gasteiger charge is -2.23. The van der Waals surface area contributed by atoms with Crippen LogP contribution in [0.3, 0.4) is 0 Å². The van der Waals surface area contributed by atoms with E-state index in [1.165, 1.54) is 12.3 Å². The van der Waals surface area contributed by atoms with Gasteiger partial charge in [0.1, 0.15) is 12.6 Å². The first-order chi connectivity index (χ1) is 7.98. The Morgan fingerprint density at radius 3 is 2.71 bits per heavy atom. The van der Waals surface area contributed by atoms with Crippen LogP contribution in [0.2, 0.25) is 0 Å². The van der Waals surface area contributed by atoms with Gasteiger partial charge >= 0.3 is 6.18 Å². The third kappa shape index (κ3) is 3.88. The highest BCUT2D eigenvalue weighted by atomic mass is 19.4. The minimum Gasteiger partial charge on any atom is -0.395 e. The molecule has 1 heterocycles. The summed E-state index contributed by atoms with van der Waals surface area (Å²) in [4.78, 5) is 0.769. The summed E-state index contributed by atoms with van der Waals surface area (Å²) in [6.45, 7) is -2.04. The molecule has 0 saturated carbocycles. The number of anilines is 1. The van der Waals surface area contributed by atoms with Crippen LogP contribution in [0.4, 0.5) is 19.0 Å². The molecule has 0 amide bonds. The van der Waals surface area contributed by atoms with Crippen molar-refractivity contribution in [3.05, 3.63) is 17.8 Å². The topological polar surface area (TPSA) is 73.0 Å². The van der Waals surface area contributed by atoms with Gasteiger partial charge in [0.2, 0.25) is 0 Å². The van der Waals surface area contributed by atoms with E-state index in [4.69, 9.17) is 10.4 Å². The van der Waals surface area contributed by atoms with Crippen LogP contribution < -0.4 is 4.90 Å². The van der Waals surface area contributed by atoms with Crippen molar-refractivity contribution in [2.75, 3.05) is 24.6 Å². The lowest BCUT2D eigenvalue weighted by atomic mass is 10.3. The van der Waals surface area contributed by atoms with Crippen LogP contribution in [0, 0.1) is 11.3 Å². The van der Waals surface area contributed by atoms with E-state index >= 15 is 0 Å². The Hall–Kier alpha value is -1.88. The standard InChI is InChI=1S/C9H9F3N4O/c10-9(11,12)6-16(3-4-17)8-7(5-13)1-2-14-15-8/h1-2,17H,3-4,6H2. The summed E-state index contributed by atoms with van der Waals surface area (Å²) < 4.78 is 36.9. The SMILES string of the molecule is N#Cc1ccnnc1N(CCO)CC(F)(F)F. The van der Waals surface area contributed by atoms with Crippen molar-refractivity contribution in [2.45, 2.75) is 6.18 Å². The smallest absolute Gasteiger partial charge is 0.395 e. The molecule has 5 nitrogen and oxygen atoms in total. The molecule has 17 heavy (non-hydrogen) atoms. The van der Waals surface area contributed by atoms with Crippen molar-refractivity contribution < 1.29 is 18.3 Å². The van der Waals surface area contributed by atoms with Crippen LogP contribution in [0.15, 0.2) is 12.3 Å². The number of aliphatic hydroxyl groups excluding tert-OH is 1. The largest absolute Gasteiger partial charge is 0.405 e. The molecule has 0 aliphatic carbocycles. The molecular weight excluding hydrogens is 237 g/mol. The van der Waals surface area contributed by atoms with Crippen molar-refractivity contribution in [1.82, 2.24) is 10.2 Å². The summed E-state index contributed by atoms with van der Waals surface area (Å²) >= 11 is 0. The molecule has 0 fully saturated rings. The van der Waals surface area contributed by atoms with Gasteiger partial charge in [-0.2, -0.15) is 23.5 Å². The molecule has 0 aliphatic heterocycles. The zero-order chi connectivity index (χ0) is 12.9. The van der Waals surface area contributed by atoms with Crippen LogP contribution >= 0.6 is 0 Å². The van der Waals surface area contributed by atoms with E-state index in [1.807, 2.05) is 0 Å². The van der Waals surface area contributed by atoms with Crippen molar-refractivity contribution in [1.29, 1.82) is 5.26 Å². The predicted octanol–water partition coefficient (Wildman–Crippen LogP) is 0.709. The minimum absolute atomic E-state index is 0.0160. The lowest BCUT2D eigenvalue weighted by molar-refractivity contribution is -0.120. The van der Waals surface area contributed by atoms with Gasteiger partial charge in [0.25, 0.3) is 0 Å². The molecule has 0 spiro atoms. The van der Waals surface area contributed by atoms with Gasteiger partial charge < -0.3 is 10.0 Å². The number of nitriles is 1. The van der Waals surface area contributed by atoms with E-state index in [0.717, 1.165) is 4.90 Å². The first-order valence-corrected chi connectivity index (χ1v) is 4.62. The molecule has 0 aliphatic rings. The molecule has 1 N–H and O–H groups in total. The highest BCUT2D eigenvalue weighted by molar-refractivity contribution is 5.52. The maximum absolute atomic E-state index is 12.3. The second kappa shape index (κ2) is 5.45. The quantitative estimate of drug-likeness (QED) is 0.846. The molecule has 0 atom stereocenters. The summed E-state index contributed by atoms with van der Waals surface area (Å²) in [5, 5.41) is 24.4. The molecule has 8 heteroatoms. The third-order valence-electron chi connectivity index (χ3n) is 1.86. The molecule has 0 bridgehead atoms. The van der Waals surface area contributed by atoms with Crippen molar-refractivity contribution in [2.24, 2.45) is 0 Å². The second-order valence-corrected chi connectivity index (χ2v) is 3.14. The van der Waals surface area contributed by atoms with Crippen LogP contribution in [0.1, 0.15) is 5.56 Å². The summed E-state index contributed by atoms with van der Waals surface area (Å²) in [6.07, 6.45) is -3.23. The zero-order valence-electron chi connectivity index (χ0n) is 8.65. The number of halogens is 3. The van der Waals surface area contributed by atoms with Gasteiger partial charge in [-0.05, 0) is 6.07 Å². The molecule has 1 aromatic rings. The Balaban J connectivity index is 3.01. The summed E-state index contributed by atoms with van der Waals surface area (Å²) in [7, 11) is 0. The third-order valence-corrected chi connectivity index (χ3v) is 1.86. The molecule has 0 unspecified atom stereocenters. The fraction of sp³-hybridized carbons (Fsp3) is 0.444. The molecule has 0 radical (unpaired) electrons. The molecular formula is C9H9F3N4O. The van der Waals surface area contributed by atoms with E-state index in [1.54, 1.807) is 6.07 Å². The van der Waals surface area contributed by atoms with Crippen LogP contribution in [0.25, 0.3) is 0 Å². The highest BCUT2D eigenvalue weighted by Crippen LogP contribution is 2.22. The summed E-state index contributed by atoms with van der Waals surface area (Å²) in [6, 6.07) is 2.99. The van der Waals surface area contributed by atoms with E-state index in [0.29, 0.717) is 0 Å². The lowest BCUT2D eigenvalue weighted by Crippen LogP contribution is -2.37. The van der Waals surface area contributed by atoms with Gasteiger partial charge in [-0.1, -0.05) is 0 Å². The molecule has 92 valence electrons. The van der Waals surface area contributed by atoms with E-state index in [2.05, 4.69) is 10.2 Å². The van der Waals surface area contributed by atoms with Gasteiger partial charge in [-0.3, -0.25) is 0 Å². The van der Waals surface area contributed by atoms with Crippen LogP contribution in [0.5, 0.6) is 0 Å². The number of hydrogen-bond donors (Lipinski definition) is 1. The Morgan fingerprint density at radius 2 is 2.18 bits per heavy atom. The number of nitrogens with zero attached hydrogens (tertiary/aromatic N) is 4. The molecule has 0 saturated heterocycles. The Labute approximate surface area is 95.1 Å². The fourth-order valence-electron chi connectivity index (χ4n) is 1.24. The molecule has 1 aromatic heterocycles. The highest BCUT2D eigenvalue weighted by Gasteiger charge is 2.32. The minimum atomic E-state index is -4.45. The number of rotatable bonds is 4. The number of aromatic nitrogens is 2. The number of aliphatic hydroxyl groups is 1. The average molecular weight is 246 g/mol. The Bertz CT molecular complexity index is 415. The average Bonchev–Trinajstić information content (AvgIpc) is 2.27. The van der Waals surface area contributed by atoms with Crippen LogP contribution in [-0.2, 0) is 0 Å². The van der Waals surface area contributed by atoms with Crippen molar-refractivity contribution in [3.63, 3.8) is 0 Å². The van der Waals surface area contributed by atoms with Gasteiger partial charge in [-0.25, -0.2) is 0 Å². The maximum Gasteiger partial charge on any atom is 0.405 e. The fourth-order valence-corrected chi connectivity index (χ4v) is 1.24. The summed E-state index contributed by atoms with van der Waals surface area (Å²) in [5.74, 6) is -0.179. The van der Waals surface area contributed by atoms with Gasteiger partial charge in [0.15, 0.2) is 5.82 Å². The Morgan fingerprint density at radius 1 is 1.47 bits per heavy atom. The zero-order valence-corrected chi connectivity index (χ0v) is 8.65. The molecule has 0 aromatic carbocycles. The van der Waals surface area contributed by atoms with E-state index in [9.17, 15) is 13.2 Å². The van der Waals surface area contributed by atoms with Crippen LogP contribution in [-0.4, -0.2) is 41.2 Å². The van der Waals surface area contributed by atoms with Crippen molar-refractivity contribution in [3.8, 4) is 6.07 Å². The monoisotopic (exact) mass is 246 g/mol. The van der Waals surface area contributed by atoms with Gasteiger partial charge in [0, 0.05) is 6.54 Å². The summed E-state index contributed by atoms with van der Waals surface area (Å²) in [5.41, 5.74) is -0.0160. The normalized spacial score (nSPS) is 11.0. The number of hydrogen-bond acceptors (Lipinski definition) is 5.